The van der Waals surface area contributed by atoms with Crippen molar-refractivity contribution in [2.75, 3.05) is 0 Å². The molecule has 3 heteroatoms. The van der Waals surface area contributed by atoms with Gasteiger partial charge in [0.1, 0.15) is 0 Å². The van der Waals surface area contributed by atoms with Crippen molar-refractivity contribution in [2.24, 2.45) is 7.05 Å². The van der Waals surface area contributed by atoms with Crippen molar-refractivity contribution in [3.63, 3.8) is 0 Å². The standard InChI is InChI=1S/C12H13NO2/c1-7-6-9-4-5-13(3)11(9)8(2)10(7)12(14)15/h4-6H,1-3H3,(H,14,15). The van der Waals surface area contributed by atoms with Crippen LogP contribution in [0.2, 0.25) is 0 Å². The summed E-state index contributed by atoms with van der Waals surface area (Å²) in [6, 6.07) is 3.92. The molecule has 1 N–H and O–H groups in total. The summed E-state index contributed by atoms with van der Waals surface area (Å²) >= 11 is 0. The van der Waals surface area contributed by atoms with Crippen LogP contribution in [-0.4, -0.2) is 15.6 Å². The fourth-order valence-corrected chi connectivity index (χ4v) is 2.20. The van der Waals surface area contributed by atoms with Crippen LogP contribution < -0.4 is 0 Å². The van der Waals surface area contributed by atoms with Crippen LogP contribution in [0.15, 0.2) is 18.3 Å². The Kier molecular flexibility index (Phi) is 2.03. The summed E-state index contributed by atoms with van der Waals surface area (Å²) < 4.78 is 1.95. The van der Waals surface area contributed by atoms with Gasteiger partial charge in [-0.3, -0.25) is 0 Å². The van der Waals surface area contributed by atoms with Gasteiger partial charge in [0.05, 0.1) is 11.1 Å². The number of carboxylic acids is 1. The molecule has 0 unspecified atom stereocenters. The summed E-state index contributed by atoms with van der Waals surface area (Å²) in [5.74, 6) is -0.854. The fraction of sp³-hybridized carbons (Fsp3) is 0.250. The maximum atomic E-state index is 11.1. The van der Waals surface area contributed by atoms with Crippen molar-refractivity contribution in [1.29, 1.82) is 0 Å². The van der Waals surface area contributed by atoms with Gasteiger partial charge in [0, 0.05) is 18.6 Å². The molecule has 0 spiro atoms. The summed E-state index contributed by atoms with van der Waals surface area (Å²) in [6.45, 7) is 3.70. The Bertz CT molecular complexity index is 552. The second-order valence-corrected chi connectivity index (χ2v) is 3.86. The predicted molar refractivity (Wildman–Crippen MR) is 59.4 cm³/mol. The molecule has 0 saturated heterocycles. The van der Waals surface area contributed by atoms with Gasteiger partial charge in [0.2, 0.25) is 0 Å². The predicted octanol–water partition coefficient (Wildman–Crippen LogP) is 2.49. The zero-order valence-corrected chi connectivity index (χ0v) is 9.03. The van der Waals surface area contributed by atoms with Gasteiger partial charge in [-0.1, -0.05) is 0 Å². The van der Waals surface area contributed by atoms with E-state index in [9.17, 15) is 4.79 Å². The van der Waals surface area contributed by atoms with Crippen LogP contribution in [0.3, 0.4) is 0 Å². The maximum Gasteiger partial charge on any atom is 0.336 e. The molecule has 3 nitrogen and oxygen atoms in total. The van der Waals surface area contributed by atoms with E-state index in [1.807, 2.05) is 43.8 Å². The number of hydrogen-bond donors (Lipinski definition) is 1. The van der Waals surface area contributed by atoms with E-state index in [0.717, 1.165) is 22.0 Å². The minimum Gasteiger partial charge on any atom is -0.478 e. The molecule has 2 rings (SSSR count). The lowest BCUT2D eigenvalue weighted by Gasteiger charge is -2.08. The highest BCUT2D eigenvalue weighted by Gasteiger charge is 2.15. The van der Waals surface area contributed by atoms with E-state index in [4.69, 9.17) is 5.11 Å². The lowest BCUT2D eigenvalue weighted by atomic mass is 10.00. The van der Waals surface area contributed by atoms with Gasteiger partial charge >= 0.3 is 5.97 Å². The fourth-order valence-electron chi connectivity index (χ4n) is 2.20. The Morgan fingerprint density at radius 2 is 2.07 bits per heavy atom. The zero-order valence-electron chi connectivity index (χ0n) is 9.03. The zero-order chi connectivity index (χ0) is 11.2. The van der Waals surface area contributed by atoms with Gasteiger partial charge in [0.25, 0.3) is 0 Å². The molecule has 1 aromatic heterocycles. The third-order valence-electron chi connectivity index (χ3n) is 2.81. The summed E-state index contributed by atoms with van der Waals surface area (Å²) in [4.78, 5) is 11.1. The number of fused-ring (bicyclic) bond motifs is 1. The molecule has 0 fully saturated rings. The number of rotatable bonds is 1. The summed E-state index contributed by atoms with van der Waals surface area (Å²) in [5, 5.41) is 10.2. The smallest absolute Gasteiger partial charge is 0.336 e. The normalized spacial score (nSPS) is 10.9. The first-order valence-electron chi connectivity index (χ1n) is 4.81. The van der Waals surface area contributed by atoms with Crippen LogP contribution >= 0.6 is 0 Å². The molecule has 0 aliphatic rings. The molecule has 1 heterocycles. The van der Waals surface area contributed by atoms with Gasteiger partial charge in [-0.25, -0.2) is 4.79 Å². The first-order valence-corrected chi connectivity index (χ1v) is 4.81. The lowest BCUT2D eigenvalue weighted by Crippen LogP contribution is -2.04. The highest BCUT2D eigenvalue weighted by atomic mass is 16.4. The first kappa shape index (κ1) is 9.77. The summed E-state index contributed by atoms with van der Waals surface area (Å²) in [6.07, 6.45) is 1.95. The van der Waals surface area contributed by atoms with E-state index in [-0.39, 0.29) is 0 Å². The van der Waals surface area contributed by atoms with Gasteiger partial charge in [0.15, 0.2) is 0 Å². The molecule has 0 amide bonds. The highest BCUT2D eigenvalue weighted by Crippen LogP contribution is 2.25. The summed E-state index contributed by atoms with van der Waals surface area (Å²) in [5.41, 5.74) is 3.08. The SMILES string of the molecule is Cc1cc2ccn(C)c2c(C)c1C(=O)O. The van der Waals surface area contributed by atoms with Gasteiger partial charge < -0.3 is 9.67 Å². The van der Waals surface area contributed by atoms with Crippen LogP contribution in [0.4, 0.5) is 0 Å². The molecule has 15 heavy (non-hydrogen) atoms. The van der Waals surface area contributed by atoms with Crippen molar-refractivity contribution in [1.82, 2.24) is 4.57 Å². The molecule has 1 aromatic carbocycles. The van der Waals surface area contributed by atoms with Crippen molar-refractivity contribution < 1.29 is 9.90 Å². The van der Waals surface area contributed by atoms with Crippen molar-refractivity contribution in [2.45, 2.75) is 13.8 Å². The molecule has 0 radical (unpaired) electrons. The Balaban J connectivity index is 2.93. The lowest BCUT2D eigenvalue weighted by molar-refractivity contribution is 0.0695. The van der Waals surface area contributed by atoms with E-state index < -0.39 is 5.97 Å². The minimum atomic E-state index is -0.854. The molecular weight excluding hydrogens is 190 g/mol. The topological polar surface area (TPSA) is 42.2 Å². The third-order valence-corrected chi connectivity index (χ3v) is 2.81. The Labute approximate surface area is 87.9 Å². The quantitative estimate of drug-likeness (QED) is 0.773. The van der Waals surface area contributed by atoms with Crippen molar-refractivity contribution >= 4 is 16.9 Å². The highest BCUT2D eigenvalue weighted by molar-refractivity contribution is 5.98. The van der Waals surface area contributed by atoms with Crippen LogP contribution in [0.5, 0.6) is 0 Å². The van der Waals surface area contributed by atoms with Crippen LogP contribution in [-0.2, 0) is 7.05 Å². The Morgan fingerprint density at radius 3 is 2.67 bits per heavy atom. The molecule has 78 valence electrons. The molecule has 0 aliphatic heterocycles. The molecule has 0 atom stereocenters. The van der Waals surface area contributed by atoms with Gasteiger partial charge in [-0.2, -0.15) is 0 Å². The van der Waals surface area contributed by atoms with Crippen LogP contribution in [0.1, 0.15) is 21.5 Å². The van der Waals surface area contributed by atoms with E-state index >= 15 is 0 Å². The van der Waals surface area contributed by atoms with E-state index in [0.29, 0.717) is 5.56 Å². The molecule has 0 saturated carbocycles. The average Bonchev–Trinajstić information content (AvgIpc) is 2.46. The van der Waals surface area contributed by atoms with E-state index in [1.165, 1.54) is 0 Å². The number of carbonyl (C=O) groups is 1. The Morgan fingerprint density at radius 1 is 1.40 bits per heavy atom. The number of aromatic carboxylic acids is 1. The van der Waals surface area contributed by atoms with E-state index in [2.05, 4.69) is 0 Å². The number of benzene rings is 1. The number of nitrogens with zero attached hydrogens (tertiary/aromatic N) is 1. The number of aromatic nitrogens is 1. The second-order valence-electron chi connectivity index (χ2n) is 3.86. The number of hydrogen-bond acceptors (Lipinski definition) is 1. The summed E-state index contributed by atoms with van der Waals surface area (Å²) in [7, 11) is 1.93. The van der Waals surface area contributed by atoms with Crippen molar-refractivity contribution in [3.05, 3.63) is 35.0 Å². The largest absolute Gasteiger partial charge is 0.478 e. The van der Waals surface area contributed by atoms with Crippen LogP contribution in [0.25, 0.3) is 10.9 Å². The number of aryl methyl sites for hydroxylation is 3. The molecule has 2 aromatic rings. The first-order chi connectivity index (χ1) is 7.02. The molecular formula is C12H13NO2. The average molecular weight is 203 g/mol. The van der Waals surface area contributed by atoms with Crippen molar-refractivity contribution in [3.8, 4) is 0 Å². The number of carboxylic acid groups (broad SMARTS) is 1. The Hall–Kier alpha value is -1.77. The molecule has 0 bridgehead atoms. The minimum absolute atomic E-state index is 0.421. The van der Waals surface area contributed by atoms with Gasteiger partial charge in [-0.15, -0.1) is 0 Å². The van der Waals surface area contributed by atoms with Crippen LogP contribution in [0, 0.1) is 13.8 Å². The monoisotopic (exact) mass is 203 g/mol. The maximum absolute atomic E-state index is 11.1. The second kappa shape index (κ2) is 3.12. The molecule has 0 aliphatic carbocycles. The van der Waals surface area contributed by atoms with Gasteiger partial charge in [-0.05, 0) is 37.1 Å². The van der Waals surface area contributed by atoms with E-state index in [1.54, 1.807) is 0 Å². The third kappa shape index (κ3) is 1.31.